The zero-order valence-corrected chi connectivity index (χ0v) is 37.8. The Kier molecular flexibility index (Phi) is 20.2. The molecule has 0 aliphatic carbocycles. The molecule has 1 aromatic rings. The molecule has 1 aromatic carbocycles. The first-order valence-corrected chi connectivity index (χ1v) is 21.9. The topological polar surface area (TPSA) is 251 Å². The van der Waals surface area contributed by atoms with E-state index >= 15 is 0 Å². The molecule has 0 spiro atoms. The lowest BCUT2D eigenvalue weighted by atomic mass is 9.71. The van der Waals surface area contributed by atoms with Crippen molar-refractivity contribution in [3.63, 3.8) is 0 Å². The summed E-state index contributed by atoms with van der Waals surface area (Å²) in [6.07, 6.45) is 8.96. The number of hydrogen-bond acceptors (Lipinski definition) is 14. The van der Waals surface area contributed by atoms with Gasteiger partial charge in [-0.05, 0) is 31.9 Å². The molecular formula is C49H67NO15. The van der Waals surface area contributed by atoms with Crippen LogP contribution in [0.5, 0.6) is 0 Å². The molecule has 3 fully saturated rings. The first-order valence-electron chi connectivity index (χ1n) is 21.9. The molecule has 3 aliphatic rings. The molecule has 3 heterocycles. The maximum Gasteiger partial charge on any atom is 0.328 e. The van der Waals surface area contributed by atoms with E-state index in [1.54, 1.807) is 120 Å². The minimum Gasteiger partial charge on any atom is -0.478 e. The number of hydrogen-bond donors (Lipinski definition) is 8. The van der Waals surface area contributed by atoms with Crippen LogP contribution in [0.2, 0.25) is 0 Å². The fourth-order valence-electron chi connectivity index (χ4n) is 7.90. The van der Waals surface area contributed by atoms with E-state index < -0.39 is 115 Å². The molecule has 1 amide bonds. The summed E-state index contributed by atoms with van der Waals surface area (Å²) in [6, 6.07) is 8.86. The summed E-state index contributed by atoms with van der Waals surface area (Å²) >= 11 is 0. The highest BCUT2D eigenvalue weighted by Gasteiger charge is 2.63. The molecular weight excluding hydrogens is 843 g/mol. The lowest BCUT2D eigenvalue weighted by Gasteiger charge is -2.54. The van der Waals surface area contributed by atoms with Gasteiger partial charge >= 0.3 is 11.9 Å². The number of carbonyl (C=O) groups is 3. The van der Waals surface area contributed by atoms with Crippen LogP contribution in [0.25, 0.3) is 0 Å². The molecule has 0 bridgehead atoms. The van der Waals surface area contributed by atoms with Crippen molar-refractivity contribution in [1.82, 2.24) is 5.32 Å². The smallest absolute Gasteiger partial charge is 0.328 e. The SMILES string of the molecule is C/C=C\C=C\[C@@H]1O[C@](O)(C(CO[C@H]2C[C@H](O)[C@H](O)[C@H](C)O2)C(=O)NC/C=C/C=C(\C)C(O)C(C)C2CC(O)C(/C=C/C=C/C=C/C(=O)O)O2)[C@H](O)[C@H](OC(=O)Cc2ccccc2)C1(C)C. The number of carboxylic acids is 1. The third-order valence-electron chi connectivity index (χ3n) is 12.0. The highest BCUT2D eigenvalue weighted by molar-refractivity contribution is 5.80. The summed E-state index contributed by atoms with van der Waals surface area (Å²) in [7, 11) is 0. The van der Waals surface area contributed by atoms with Gasteiger partial charge < -0.3 is 64.7 Å². The van der Waals surface area contributed by atoms with Crippen LogP contribution in [0.1, 0.15) is 59.9 Å². The summed E-state index contributed by atoms with van der Waals surface area (Å²) in [5.74, 6) is -7.37. The van der Waals surface area contributed by atoms with Crippen LogP contribution in [-0.2, 0) is 44.5 Å². The normalized spacial score (nSPS) is 32.5. The standard InChI is InChI=1S/C49H67NO15/c1-7-8-12-23-39-48(5,6)46(64-41(55)26-33-20-13-11-14-21-33)45(58)49(60,65-39)34(29-61-42-28-36(52)44(57)32(4)62-42)47(59)50-25-18-17-19-30(2)43(56)31(3)38-27-35(51)37(63-38)22-15-9-10-16-24-40(53)54/h7-24,31-32,34-39,42-46,51-52,56-58,60H,25-29H2,1-6H3,(H,50,59)(H,53,54)/b8-7-,10-9+,18-17+,22-15+,23-12+,24-16+,30-19+/t31?,32-,34?,35?,36-,37?,38?,39-,42+,43?,44+,45+,46-,49+/m0/s1. The molecule has 65 heavy (non-hydrogen) atoms. The number of rotatable bonds is 20. The Balaban J connectivity index is 1.51. The number of aliphatic hydroxyl groups excluding tert-OH is 5. The first-order chi connectivity index (χ1) is 30.8. The number of ether oxygens (including phenoxy) is 5. The minimum absolute atomic E-state index is 0.0864. The number of nitrogens with one attached hydrogen (secondary N) is 1. The molecule has 358 valence electrons. The molecule has 6 unspecified atom stereocenters. The fraction of sp³-hybridized carbons (Fsp3) is 0.531. The van der Waals surface area contributed by atoms with Crippen LogP contribution in [0.4, 0.5) is 0 Å². The number of benzene rings is 1. The van der Waals surface area contributed by atoms with Gasteiger partial charge in [0.2, 0.25) is 11.7 Å². The quantitative estimate of drug-likeness (QED) is 0.0532. The fourth-order valence-corrected chi connectivity index (χ4v) is 7.90. The number of aliphatic carboxylic acids is 1. The van der Waals surface area contributed by atoms with Crippen molar-refractivity contribution in [2.75, 3.05) is 13.2 Å². The van der Waals surface area contributed by atoms with Crippen LogP contribution in [-0.4, -0.2) is 140 Å². The second-order valence-corrected chi connectivity index (χ2v) is 17.3. The number of carboxylic acid groups (broad SMARTS) is 1. The molecule has 16 heteroatoms. The Morgan fingerprint density at radius 1 is 0.938 bits per heavy atom. The van der Waals surface area contributed by atoms with Crippen molar-refractivity contribution in [2.24, 2.45) is 17.3 Å². The lowest BCUT2D eigenvalue weighted by Crippen LogP contribution is -2.70. The van der Waals surface area contributed by atoms with Crippen molar-refractivity contribution in [1.29, 1.82) is 0 Å². The number of esters is 1. The first kappa shape index (κ1) is 53.0. The van der Waals surface area contributed by atoms with Gasteiger partial charge in [0.1, 0.15) is 30.3 Å². The third-order valence-corrected chi connectivity index (χ3v) is 12.0. The average molecular weight is 910 g/mol. The Labute approximate surface area is 380 Å². The monoisotopic (exact) mass is 909 g/mol. The molecule has 3 aliphatic heterocycles. The number of aliphatic hydroxyl groups is 6. The van der Waals surface area contributed by atoms with E-state index in [2.05, 4.69) is 5.32 Å². The molecule has 0 saturated carbocycles. The van der Waals surface area contributed by atoms with Gasteiger partial charge in [-0.25, -0.2) is 4.79 Å². The van der Waals surface area contributed by atoms with Gasteiger partial charge in [-0.15, -0.1) is 0 Å². The van der Waals surface area contributed by atoms with E-state index in [0.29, 0.717) is 11.1 Å². The van der Waals surface area contributed by atoms with Gasteiger partial charge in [0.25, 0.3) is 0 Å². The maximum atomic E-state index is 14.2. The summed E-state index contributed by atoms with van der Waals surface area (Å²) < 4.78 is 29.9. The number of allylic oxidation sites excluding steroid dienone is 9. The summed E-state index contributed by atoms with van der Waals surface area (Å²) in [4.78, 5) is 38.2. The zero-order valence-electron chi connectivity index (χ0n) is 37.8. The van der Waals surface area contributed by atoms with Gasteiger partial charge in [-0.2, -0.15) is 0 Å². The van der Waals surface area contributed by atoms with Gasteiger partial charge in [-0.1, -0.05) is 124 Å². The second-order valence-electron chi connectivity index (χ2n) is 17.3. The Morgan fingerprint density at radius 3 is 2.31 bits per heavy atom. The van der Waals surface area contributed by atoms with Crippen molar-refractivity contribution in [3.05, 3.63) is 120 Å². The van der Waals surface area contributed by atoms with Crippen LogP contribution < -0.4 is 5.32 Å². The van der Waals surface area contributed by atoms with Crippen LogP contribution in [0.3, 0.4) is 0 Å². The van der Waals surface area contributed by atoms with E-state index in [1.807, 2.05) is 13.0 Å². The van der Waals surface area contributed by atoms with E-state index in [9.17, 15) is 45.0 Å². The molecule has 8 N–H and O–H groups in total. The van der Waals surface area contributed by atoms with Crippen molar-refractivity contribution >= 4 is 17.8 Å². The number of carbonyl (C=O) groups excluding carboxylic acids is 2. The molecule has 0 radical (unpaired) electrons. The third kappa shape index (κ3) is 14.7. The highest BCUT2D eigenvalue weighted by Crippen LogP contribution is 2.46. The van der Waals surface area contributed by atoms with E-state index in [-0.39, 0.29) is 25.8 Å². The van der Waals surface area contributed by atoms with Crippen molar-refractivity contribution in [2.45, 2.75) is 134 Å². The molecule has 16 nitrogen and oxygen atoms in total. The average Bonchev–Trinajstić information content (AvgIpc) is 3.63. The molecule has 0 aromatic heterocycles. The van der Waals surface area contributed by atoms with Gasteiger partial charge in [0.15, 0.2) is 6.29 Å². The van der Waals surface area contributed by atoms with Crippen LogP contribution in [0.15, 0.2) is 115 Å². The van der Waals surface area contributed by atoms with Gasteiger partial charge in [0.05, 0.1) is 49.7 Å². The Bertz CT molecular complexity index is 1910. The van der Waals surface area contributed by atoms with Gasteiger partial charge in [0, 0.05) is 36.8 Å². The largest absolute Gasteiger partial charge is 0.478 e. The van der Waals surface area contributed by atoms with Crippen molar-refractivity contribution < 1.29 is 73.8 Å². The maximum absolute atomic E-state index is 14.2. The van der Waals surface area contributed by atoms with Crippen LogP contribution >= 0.6 is 0 Å². The van der Waals surface area contributed by atoms with Gasteiger partial charge in [-0.3, -0.25) is 9.59 Å². The molecule has 14 atom stereocenters. The Hall–Kier alpha value is -4.59. The molecule has 3 saturated heterocycles. The zero-order chi connectivity index (χ0) is 47.9. The molecule has 4 rings (SSSR count). The summed E-state index contributed by atoms with van der Waals surface area (Å²) in [5.41, 5.74) is 0.101. The van der Waals surface area contributed by atoms with E-state index in [4.69, 9.17) is 28.8 Å². The summed E-state index contributed by atoms with van der Waals surface area (Å²) in [5, 5.41) is 78.3. The second kappa shape index (κ2) is 24.8. The Morgan fingerprint density at radius 2 is 1.63 bits per heavy atom. The predicted octanol–water partition coefficient (Wildman–Crippen LogP) is 3.12. The van der Waals surface area contributed by atoms with E-state index in [0.717, 1.165) is 6.08 Å². The number of amides is 1. The summed E-state index contributed by atoms with van der Waals surface area (Å²) in [6.45, 7) is 9.62. The van der Waals surface area contributed by atoms with E-state index in [1.165, 1.54) is 12.2 Å². The predicted molar refractivity (Wildman–Crippen MR) is 239 cm³/mol. The lowest BCUT2D eigenvalue weighted by molar-refractivity contribution is -0.366. The van der Waals surface area contributed by atoms with Crippen LogP contribution in [0, 0.1) is 17.3 Å². The highest BCUT2D eigenvalue weighted by atomic mass is 16.7. The minimum atomic E-state index is -2.72. The van der Waals surface area contributed by atoms with Crippen molar-refractivity contribution in [3.8, 4) is 0 Å².